The van der Waals surface area contributed by atoms with E-state index in [-0.39, 0.29) is 0 Å². The Kier molecular flexibility index (Phi) is 6.12. The van der Waals surface area contributed by atoms with Crippen LogP contribution in [0.15, 0.2) is 0 Å². The molecule has 0 radical (unpaired) electrons. The summed E-state index contributed by atoms with van der Waals surface area (Å²) in [6, 6.07) is 0. The van der Waals surface area contributed by atoms with Crippen molar-refractivity contribution in [2.45, 2.75) is 12.8 Å². The minimum atomic E-state index is -0.796. The molecule has 0 rings (SSSR count). The number of rotatable bonds is 6. The molecule has 0 fully saturated rings. The van der Waals surface area contributed by atoms with Gasteiger partial charge in [-0.2, -0.15) is 0 Å². The quantitative estimate of drug-likeness (QED) is 0.598. The first-order valence-electron chi connectivity index (χ1n) is 4.16. The van der Waals surface area contributed by atoms with Gasteiger partial charge in [0.15, 0.2) is 0 Å². The average Bonchev–Trinajstić information content (AvgIpc) is 1.97. The molecule has 0 aliphatic rings. The van der Waals surface area contributed by atoms with Crippen LogP contribution in [-0.4, -0.2) is 49.1 Å². The summed E-state index contributed by atoms with van der Waals surface area (Å²) in [5.41, 5.74) is 0. The SMILES string of the molecule is C[P+](C)(CCCO)CCCO. The van der Waals surface area contributed by atoms with Crippen LogP contribution in [0.5, 0.6) is 0 Å². The zero-order valence-electron chi connectivity index (χ0n) is 7.58. The molecule has 0 amide bonds. The van der Waals surface area contributed by atoms with Crippen molar-refractivity contribution in [3.8, 4) is 0 Å². The maximum atomic E-state index is 8.62. The molecule has 0 aliphatic carbocycles. The summed E-state index contributed by atoms with van der Waals surface area (Å²) in [7, 11) is -0.796. The van der Waals surface area contributed by atoms with Gasteiger partial charge in [0, 0.05) is 46.6 Å². The molecule has 0 bridgehead atoms. The standard InChI is InChI=1S/C8H20O2P/c1-11(2,7-3-5-9)8-4-6-10/h9-10H,3-8H2,1-2H3/q+1. The van der Waals surface area contributed by atoms with Crippen LogP contribution >= 0.6 is 7.26 Å². The topological polar surface area (TPSA) is 40.5 Å². The Morgan fingerprint density at radius 2 is 1.27 bits per heavy atom. The van der Waals surface area contributed by atoms with Crippen molar-refractivity contribution in [1.29, 1.82) is 0 Å². The van der Waals surface area contributed by atoms with Crippen molar-refractivity contribution in [2.75, 3.05) is 38.9 Å². The fourth-order valence-electron chi connectivity index (χ4n) is 1.11. The lowest BCUT2D eigenvalue weighted by Gasteiger charge is -2.16. The van der Waals surface area contributed by atoms with E-state index in [2.05, 4.69) is 13.3 Å². The van der Waals surface area contributed by atoms with E-state index in [1.807, 2.05) is 0 Å². The van der Waals surface area contributed by atoms with Crippen molar-refractivity contribution in [3.63, 3.8) is 0 Å². The molecule has 0 spiro atoms. The molecular formula is C8H20O2P+. The minimum absolute atomic E-state index is 0.308. The highest BCUT2D eigenvalue weighted by Crippen LogP contribution is 2.51. The van der Waals surface area contributed by atoms with Crippen LogP contribution in [0.3, 0.4) is 0 Å². The Balaban J connectivity index is 3.43. The summed E-state index contributed by atoms with van der Waals surface area (Å²) in [6.45, 7) is 5.20. The lowest BCUT2D eigenvalue weighted by atomic mass is 10.5. The first kappa shape index (κ1) is 11.4. The molecular weight excluding hydrogens is 159 g/mol. The number of aliphatic hydroxyl groups is 2. The van der Waals surface area contributed by atoms with E-state index in [1.165, 1.54) is 0 Å². The molecule has 0 heterocycles. The van der Waals surface area contributed by atoms with E-state index >= 15 is 0 Å². The van der Waals surface area contributed by atoms with Crippen LogP contribution in [0.25, 0.3) is 0 Å². The van der Waals surface area contributed by atoms with Crippen molar-refractivity contribution in [1.82, 2.24) is 0 Å². The molecule has 0 saturated carbocycles. The number of hydrogen-bond donors (Lipinski definition) is 2. The van der Waals surface area contributed by atoms with Crippen molar-refractivity contribution >= 4 is 7.26 Å². The van der Waals surface area contributed by atoms with E-state index in [0.29, 0.717) is 13.2 Å². The summed E-state index contributed by atoms with van der Waals surface area (Å²) >= 11 is 0. The molecule has 0 aromatic carbocycles. The predicted molar refractivity (Wildman–Crippen MR) is 51.9 cm³/mol. The van der Waals surface area contributed by atoms with E-state index in [4.69, 9.17) is 10.2 Å². The average molecular weight is 179 g/mol. The van der Waals surface area contributed by atoms with Gasteiger partial charge in [0.2, 0.25) is 0 Å². The third-order valence-corrected chi connectivity index (χ3v) is 4.90. The molecule has 68 valence electrons. The molecule has 2 nitrogen and oxygen atoms in total. The molecule has 0 aliphatic heterocycles. The van der Waals surface area contributed by atoms with Crippen LogP contribution in [0.4, 0.5) is 0 Å². The van der Waals surface area contributed by atoms with Crippen LogP contribution < -0.4 is 0 Å². The van der Waals surface area contributed by atoms with Gasteiger partial charge in [0.05, 0.1) is 12.3 Å². The zero-order valence-corrected chi connectivity index (χ0v) is 8.48. The van der Waals surface area contributed by atoms with Crippen LogP contribution in [0.2, 0.25) is 0 Å². The van der Waals surface area contributed by atoms with Gasteiger partial charge < -0.3 is 10.2 Å². The second kappa shape index (κ2) is 5.93. The van der Waals surface area contributed by atoms with Gasteiger partial charge in [0.25, 0.3) is 0 Å². The van der Waals surface area contributed by atoms with Crippen molar-refractivity contribution < 1.29 is 10.2 Å². The highest BCUT2D eigenvalue weighted by atomic mass is 31.2. The van der Waals surface area contributed by atoms with Gasteiger partial charge in [-0.15, -0.1) is 0 Å². The molecule has 0 aromatic rings. The fourth-order valence-corrected chi connectivity index (χ4v) is 3.33. The van der Waals surface area contributed by atoms with Gasteiger partial charge in [-0.25, -0.2) is 0 Å². The lowest BCUT2D eigenvalue weighted by molar-refractivity contribution is 0.294. The van der Waals surface area contributed by atoms with Crippen LogP contribution in [0.1, 0.15) is 12.8 Å². The Morgan fingerprint density at radius 3 is 1.55 bits per heavy atom. The molecule has 0 aromatic heterocycles. The van der Waals surface area contributed by atoms with E-state index in [1.54, 1.807) is 0 Å². The number of hydrogen-bond acceptors (Lipinski definition) is 2. The third kappa shape index (κ3) is 6.74. The van der Waals surface area contributed by atoms with Gasteiger partial charge >= 0.3 is 0 Å². The summed E-state index contributed by atoms with van der Waals surface area (Å²) in [6.07, 6.45) is 4.16. The van der Waals surface area contributed by atoms with Crippen LogP contribution in [0, 0.1) is 0 Å². The lowest BCUT2D eigenvalue weighted by Crippen LogP contribution is -2.03. The predicted octanol–water partition coefficient (Wildman–Crippen LogP) is 1.03. The van der Waals surface area contributed by atoms with E-state index < -0.39 is 7.26 Å². The minimum Gasteiger partial charge on any atom is -0.396 e. The second-order valence-electron chi connectivity index (χ2n) is 3.54. The molecule has 2 N–H and O–H groups in total. The van der Waals surface area contributed by atoms with Crippen molar-refractivity contribution in [3.05, 3.63) is 0 Å². The smallest absolute Gasteiger partial charge is 0.0610 e. The first-order chi connectivity index (χ1) is 5.12. The highest BCUT2D eigenvalue weighted by molar-refractivity contribution is 7.74. The summed E-state index contributed by atoms with van der Waals surface area (Å²) < 4.78 is 0. The zero-order chi connectivity index (χ0) is 8.74. The first-order valence-corrected chi connectivity index (χ1v) is 7.21. The van der Waals surface area contributed by atoms with Crippen LogP contribution in [-0.2, 0) is 0 Å². The molecule has 0 saturated heterocycles. The largest absolute Gasteiger partial charge is 0.396 e. The summed E-state index contributed by atoms with van der Waals surface area (Å²) in [5.74, 6) is 0. The van der Waals surface area contributed by atoms with Gasteiger partial charge in [-0.1, -0.05) is 0 Å². The second-order valence-corrected chi connectivity index (χ2v) is 8.30. The summed E-state index contributed by atoms with van der Waals surface area (Å²) in [5, 5.41) is 17.2. The van der Waals surface area contributed by atoms with E-state index in [0.717, 1.165) is 25.2 Å². The summed E-state index contributed by atoms with van der Waals surface area (Å²) in [4.78, 5) is 0. The van der Waals surface area contributed by atoms with Gasteiger partial charge in [0.1, 0.15) is 0 Å². The monoisotopic (exact) mass is 179 g/mol. The molecule has 3 heteroatoms. The molecule has 0 atom stereocenters. The third-order valence-electron chi connectivity index (χ3n) is 1.84. The maximum Gasteiger partial charge on any atom is 0.0610 e. The molecule has 11 heavy (non-hydrogen) atoms. The highest BCUT2D eigenvalue weighted by Gasteiger charge is 2.22. The Hall–Kier alpha value is 0.350. The van der Waals surface area contributed by atoms with Gasteiger partial charge in [-0.3, -0.25) is 0 Å². The normalized spacial score (nSPS) is 12.0. The maximum absolute atomic E-state index is 8.62. The van der Waals surface area contributed by atoms with Gasteiger partial charge in [-0.05, 0) is 0 Å². The Labute approximate surface area is 70.0 Å². The van der Waals surface area contributed by atoms with Crippen molar-refractivity contribution in [2.24, 2.45) is 0 Å². The van der Waals surface area contributed by atoms with E-state index in [9.17, 15) is 0 Å². The number of aliphatic hydroxyl groups excluding tert-OH is 2. The Bertz CT molecular complexity index is 84.1. The Morgan fingerprint density at radius 1 is 0.909 bits per heavy atom. The molecule has 0 unspecified atom stereocenters. The fraction of sp³-hybridized carbons (Fsp3) is 1.00.